The van der Waals surface area contributed by atoms with E-state index < -0.39 is 0 Å². The zero-order chi connectivity index (χ0) is 29.8. The van der Waals surface area contributed by atoms with E-state index >= 15 is 0 Å². The smallest absolute Gasteiger partial charge is 0.274 e. The molecule has 2 N–H and O–H groups in total. The summed E-state index contributed by atoms with van der Waals surface area (Å²) in [5.41, 5.74) is 8.61. The fourth-order valence-electron chi connectivity index (χ4n) is 4.94. The van der Waals surface area contributed by atoms with Gasteiger partial charge < -0.3 is 10.6 Å². The fraction of sp³-hybridized carbons (Fsp3) is 0.0625. The van der Waals surface area contributed by atoms with E-state index in [1.165, 1.54) is 12.1 Å². The number of hydrogen-bond acceptors (Lipinski definition) is 9. The molecule has 6 rings (SSSR count). The van der Waals surface area contributed by atoms with Crippen LogP contribution in [0.15, 0.2) is 109 Å². The van der Waals surface area contributed by atoms with Crippen molar-refractivity contribution in [1.82, 2.24) is 8.75 Å². The van der Waals surface area contributed by atoms with Gasteiger partial charge in [0.15, 0.2) is 0 Å². The molecule has 0 amide bonds. The normalized spacial score (nSPS) is 10.9. The van der Waals surface area contributed by atoms with Gasteiger partial charge in [-0.3, -0.25) is 20.2 Å². The van der Waals surface area contributed by atoms with Crippen LogP contribution in [0, 0.1) is 20.2 Å². The van der Waals surface area contributed by atoms with E-state index in [4.69, 9.17) is 0 Å². The molecule has 0 atom stereocenters. The Hall–Kier alpha value is -5.68. The molecule has 0 aliphatic carbocycles. The number of para-hydroxylation sites is 2. The number of hydrogen-bond donors (Lipinski definition) is 2. The summed E-state index contributed by atoms with van der Waals surface area (Å²) in [6.07, 6.45) is 0. The summed E-state index contributed by atoms with van der Waals surface area (Å²) in [6.45, 7) is 0.678. The SMILES string of the molecule is O=[N+]([O-])c1ccccc1CNc1ccc(-c2ccc(-c3ccc(NCc4ccccc4[N+](=O)[O-])cc3)c3nsnc23)cc1. The molecule has 0 radical (unpaired) electrons. The molecule has 0 saturated carbocycles. The molecule has 0 spiro atoms. The lowest BCUT2D eigenvalue weighted by atomic mass is 9.97. The van der Waals surface area contributed by atoms with Gasteiger partial charge >= 0.3 is 0 Å². The van der Waals surface area contributed by atoms with Gasteiger partial charge in [0.2, 0.25) is 0 Å². The van der Waals surface area contributed by atoms with Gasteiger partial charge in [0, 0.05) is 58.9 Å². The maximum atomic E-state index is 11.3. The Balaban J connectivity index is 1.17. The number of rotatable bonds is 10. The predicted molar refractivity (Wildman–Crippen MR) is 169 cm³/mol. The monoisotopic (exact) mass is 588 g/mol. The number of aromatic nitrogens is 2. The van der Waals surface area contributed by atoms with Crippen LogP contribution in [0.4, 0.5) is 22.7 Å². The van der Waals surface area contributed by atoms with Crippen molar-refractivity contribution in [3.05, 3.63) is 141 Å². The molecule has 212 valence electrons. The quantitative estimate of drug-likeness (QED) is 0.121. The molecule has 5 aromatic carbocycles. The average Bonchev–Trinajstić information content (AvgIpc) is 3.53. The van der Waals surface area contributed by atoms with Gasteiger partial charge in [0.25, 0.3) is 11.4 Å². The van der Waals surface area contributed by atoms with Gasteiger partial charge in [-0.2, -0.15) is 8.75 Å². The summed E-state index contributed by atoms with van der Waals surface area (Å²) < 4.78 is 9.19. The molecule has 43 heavy (non-hydrogen) atoms. The molecule has 0 fully saturated rings. The minimum atomic E-state index is -0.371. The first kappa shape index (κ1) is 27.5. The number of nitro groups is 2. The van der Waals surface area contributed by atoms with E-state index in [0.717, 1.165) is 56.4 Å². The molecular formula is C32H24N6O4S. The van der Waals surface area contributed by atoms with E-state index in [2.05, 4.69) is 19.4 Å². The van der Waals surface area contributed by atoms with Gasteiger partial charge in [-0.25, -0.2) is 0 Å². The zero-order valence-electron chi connectivity index (χ0n) is 22.6. The van der Waals surface area contributed by atoms with Gasteiger partial charge in [0.1, 0.15) is 11.0 Å². The minimum absolute atomic E-state index is 0.0921. The van der Waals surface area contributed by atoms with E-state index in [1.807, 2.05) is 60.7 Å². The third kappa shape index (κ3) is 5.88. The first-order chi connectivity index (χ1) is 21.0. The number of benzene rings is 5. The number of nitro benzene ring substituents is 2. The molecule has 11 heteroatoms. The Labute approximate surface area is 250 Å². The van der Waals surface area contributed by atoms with Crippen molar-refractivity contribution in [2.24, 2.45) is 0 Å². The van der Waals surface area contributed by atoms with Crippen LogP contribution in [0.2, 0.25) is 0 Å². The zero-order valence-corrected chi connectivity index (χ0v) is 23.5. The Morgan fingerprint density at radius 2 is 0.953 bits per heavy atom. The largest absolute Gasteiger partial charge is 0.381 e. The van der Waals surface area contributed by atoms with Crippen LogP contribution in [-0.2, 0) is 13.1 Å². The Bertz CT molecular complexity index is 1800. The van der Waals surface area contributed by atoms with Crippen molar-refractivity contribution in [3.63, 3.8) is 0 Å². The van der Waals surface area contributed by atoms with Crippen molar-refractivity contribution >= 4 is 45.5 Å². The number of nitrogens with one attached hydrogen (secondary N) is 2. The van der Waals surface area contributed by atoms with Crippen LogP contribution < -0.4 is 10.6 Å². The summed E-state index contributed by atoms with van der Waals surface area (Å²) in [4.78, 5) is 21.9. The first-order valence-electron chi connectivity index (χ1n) is 13.4. The average molecular weight is 589 g/mol. The topological polar surface area (TPSA) is 136 Å². The molecule has 6 aromatic rings. The second kappa shape index (κ2) is 12.0. The molecule has 0 aliphatic rings. The van der Waals surface area contributed by atoms with E-state index in [0.29, 0.717) is 24.2 Å². The molecule has 1 heterocycles. The van der Waals surface area contributed by atoms with Crippen LogP contribution in [0.1, 0.15) is 11.1 Å². The minimum Gasteiger partial charge on any atom is -0.381 e. The summed E-state index contributed by atoms with van der Waals surface area (Å²) in [5, 5.41) is 29.1. The maximum Gasteiger partial charge on any atom is 0.274 e. The molecule has 10 nitrogen and oxygen atoms in total. The van der Waals surface area contributed by atoms with Crippen LogP contribution in [0.3, 0.4) is 0 Å². The highest BCUT2D eigenvalue weighted by atomic mass is 32.1. The van der Waals surface area contributed by atoms with Crippen LogP contribution in [-0.4, -0.2) is 18.6 Å². The second-order valence-corrected chi connectivity index (χ2v) is 10.3. The third-order valence-corrected chi connectivity index (χ3v) is 7.68. The molecule has 0 bridgehead atoms. The summed E-state index contributed by atoms with van der Waals surface area (Å²) in [6, 6.07) is 33.2. The Kier molecular flexibility index (Phi) is 7.70. The third-order valence-electron chi connectivity index (χ3n) is 7.15. The number of nitrogens with zero attached hydrogens (tertiary/aromatic N) is 4. The lowest BCUT2D eigenvalue weighted by molar-refractivity contribution is -0.385. The molecule has 0 saturated heterocycles. The highest BCUT2D eigenvalue weighted by Gasteiger charge is 2.15. The van der Waals surface area contributed by atoms with Crippen LogP contribution in [0.25, 0.3) is 33.3 Å². The fourth-order valence-corrected chi connectivity index (χ4v) is 5.51. The first-order valence-corrected chi connectivity index (χ1v) is 14.1. The summed E-state index contributed by atoms with van der Waals surface area (Å²) in [7, 11) is 0. The Morgan fingerprint density at radius 1 is 0.558 bits per heavy atom. The second-order valence-electron chi connectivity index (χ2n) is 9.76. The van der Waals surface area contributed by atoms with Crippen molar-refractivity contribution in [3.8, 4) is 22.3 Å². The lowest BCUT2D eigenvalue weighted by Crippen LogP contribution is -2.02. The van der Waals surface area contributed by atoms with Crippen molar-refractivity contribution in [2.75, 3.05) is 10.6 Å². The standard InChI is InChI=1S/C32H24N6O4S/c39-37(40)29-7-3-1-5-23(29)19-33-25-13-9-21(10-14-25)27-17-18-28(32-31(27)35-43-36-32)22-11-15-26(16-12-22)34-20-24-6-2-4-8-30(24)38(41)42/h1-18,33-34H,19-20H2. The van der Waals surface area contributed by atoms with Gasteiger partial charge in [-0.15, -0.1) is 0 Å². The van der Waals surface area contributed by atoms with Crippen LogP contribution >= 0.6 is 11.7 Å². The number of fused-ring (bicyclic) bond motifs is 1. The summed E-state index contributed by atoms with van der Waals surface area (Å²) >= 11 is 1.16. The van der Waals surface area contributed by atoms with E-state index in [-0.39, 0.29) is 21.2 Å². The molecule has 0 unspecified atom stereocenters. The number of anilines is 2. The molecule has 1 aromatic heterocycles. The highest BCUT2D eigenvalue weighted by Crippen LogP contribution is 2.35. The van der Waals surface area contributed by atoms with Gasteiger partial charge in [-0.05, 0) is 35.4 Å². The molecular weight excluding hydrogens is 564 g/mol. The summed E-state index contributed by atoms with van der Waals surface area (Å²) in [5.74, 6) is 0. The van der Waals surface area contributed by atoms with Gasteiger partial charge in [-0.1, -0.05) is 72.8 Å². The highest BCUT2D eigenvalue weighted by molar-refractivity contribution is 7.00. The van der Waals surface area contributed by atoms with Crippen molar-refractivity contribution < 1.29 is 9.85 Å². The van der Waals surface area contributed by atoms with E-state index in [9.17, 15) is 20.2 Å². The van der Waals surface area contributed by atoms with Crippen molar-refractivity contribution in [2.45, 2.75) is 13.1 Å². The maximum absolute atomic E-state index is 11.3. The van der Waals surface area contributed by atoms with E-state index in [1.54, 1.807) is 36.4 Å². The Morgan fingerprint density at radius 3 is 1.35 bits per heavy atom. The van der Waals surface area contributed by atoms with Gasteiger partial charge in [0.05, 0.1) is 21.6 Å². The predicted octanol–water partition coefficient (Wildman–Crippen LogP) is 8.07. The molecule has 0 aliphatic heterocycles. The van der Waals surface area contributed by atoms with Crippen LogP contribution in [0.5, 0.6) is 0 Å². The van der Waals surface area contributed by atoms with Crippen molar-refractivity contribution in [1.29, 1.82) is 0 Å². The lowest BCUT2D eigenvalue weighted by Gasteiger charge is -2.11.